The molecule has 0 unspecified atom stereocenters. The van der Waals surface area contributed by atoms with Gasteiger partial charge >= 0.3 is 0 Å². The predicted octanol–water partition coefficient (Wildman–Crippen LogP) is 3.87. The molecule has 1 N–H and O–H groups in total. The van der Waals surface area contributed by atoms with Gasteiger partial charge in [0.1, 0.15) is 0 Å². The Hall–Kier alpha value is -2.69. The molecular formula is C15H16N2O3. The van der Waals surface area contributed by atoms with Crippen molar-refractivity contribution in [2.24, 2.45) is 0 Å². The van der Waals surface area contributed by atoms with Gasteiger partial charge in [-0.3, -0.25) is 14.9 Å². The Morgan fingerprint density at radius 3 is 2.05 bits per heavy atom. The number of benzene rings is 2. The van der Waals surface area contributed by atoms with Crippen molar-refractivity contribution < 1.29 is 9.72 Å². The lowest BCUT2D eigenvalue weighted by Crippen LogP contribution is -2.11. The van der Waals surface area contributed by atoms with Crippen LogP contribution in [0.4, 0.5) is 11.4 Å². The monoisotopic (exact) mass is 272 g/mol. The molecule has 5 nitrogen and oxygen atoms in total. The first kappa shape index (κ1) is 15.4. The van der Waals surface area contributed by atoms with Crippen LogP contribution in [0.15, 0.2) is 54.6 Å². The van der Waals surface area contributed by atoms with E-state index in [0.29, 0.717) is 11.3 Å². The molecule has 0 spiro atoms. The van der Waals surface area contributed by atoms with E-state index in [0.717, 1.165) is 0 Å². The molecule has 0 aliphatic carbocycles. The van der Waals surface area contributed by atoms with Crippen LogP contribution in [0.3, 0.4) is 0 Å². The number of non-ortho nitro benzene ring substituents is 1. The lowest BCUT2D eigenvalue weighted by Gasteiger charge is -2.04. The zero-order chi connectivity index (χ0) is 15.0. The average Bonchev–Trinajstić information content (AvgIpc) is 2.50. The quantitative estimate of drug-likeness (QED) is 0.680. The number of nitro benzene ring substituents is 1. The number of para-hydroxylation sites is 1. The second-order valence-electron chi connectivity index (χ2n) is 3.62. The van der Waals surface area contributed by atoms with Crippen molar-refractivity contribution in [3.63, 3.8) is 0 Å². The summed E-state index contributed by atoms with van der Waals surface area (Å²) in [5, 5.41) is 13.2. The van der Waals surface area contributed by atoms with Crippen LogP contribution in [0.25, 0.3) is 0 Å². The topological polar surface area (TPSA) is 72.2 Å². The molecule has 0 fully saturated rings. The molecule has 0 heterocycles. The molecule has 104 valence electrons. The third-order valence-corrected chi connectivity index (χ3v) is 2.37. The van der Waals surface area contributed by atoms with Crippen LogP contribution in [0, 0.1) is 10.1 Å². The van der Waals surface area contributed by atoms with Gasteiger partial charge in [0.2, 0.25) is 0 Å². The largest absolute Gasteiger partial charge is 0.322 e. The predicted molar refractivity (Wildman–Crippen MR) is 78.8 cm³/mol. The number of amides is 1. The highest BCUT2D eigenvalue weighted by Gasteiger charge is 2.09. The Balaban J connectivity index is 0.000000956. The summed E-state index contributed by atoms with van der Waals surface area (Å²) in [6.07, 6.45) is 0. The fourth-order valence-corrected chi connectivity index (χ4v) is 1.46. The number of nitrogens with zero attached hydrogens (tertiary/aromatic N) is 1. The average molecular weight is 272 g/mol. The van der Waals surface area contributed by atoms with E-state index in [1.807, 2.05) is 32.0 Å². The Kier molecular flexibility index (Phi) is 5.90. The van der Waals surface area contributed by atoms with E-state index in [1.54, 1.807) is 12.1 Å². The molecule has 2 rings (SSSR count). The fraction of sp³-hybridized carbons (Fsp3) is 0.133. The molecule has 20 heavy (non-hydrogen) atoms. The van der Waals surface area contributed by atoms with Crippen molar-refractivity contribution in [2.45, 2.75) is 13.8 Å². The van der Waals surface area contributed by atoms with Crippen LogP contribution in [0.1, 0.15) is 24.2 Å². The molecule has 0 atom stereocenters. The molecule has 1 amide bonds. The highest BCUT2D eigenvalue weighted by Crippen LogP contribution is 2.13. The summed E-state index contributed by atoms with van der Waals surface area (Å²) in [6, 6.07) is 14.5. The van der Waals surface area contributed by atoms with Gasteiger partial charge in [-0.2, -0.15) is 0 Å². The normalized spacial score (nSPS) is 9.10. The lowest BCUT2D eigenvalue weighted by molar-refractivity contribution is -0.384. The van der Waals surface area contributed by atoms with Crippen molar-refractivity contribution >= 4 is 17.3 Å². The zero-order valence-corrected chi connectivity index (χ0v) is 11.4. The van der Waals surface area contributed by atoms with E-state index in [4.69, 9.17) is 0 Å². The Labute approximate surface area is 117 Å². The van der Waals surface area contributed by atoms with Gasteiger partial charge in [-0.05, 0) is 24.3 Å². The minimum atomic E-state index is -0.501. The van der Waals surface area contributed by atoms with E-state index >= 15 is 0 Å². The van der Waals surface area contributed by atoms with Gasteiger partial charge in [-0.1, -0.05) is 32.0 Å². The van der Waals surface area contributed by atoms with E-state index in [2.05, 4.69) is 5.32 Å². The third-order valence-electron chi connectivity index (χ3n) is 2.37. The first-order valence-electron chi connectivity index (χ1n) is 6.27. The molecule has 0 saturated heterocycles. The number of nitrogens with one attached hydrogen (secondary N) is 1. The summed E-state index contributed by atoms with van der Waals surface area (Å²) in [5.74, 6) is -0.295. The minimum Gasteiger partial charge on any atom is -0.322 e. The van der Waals surface area contributed by atoms with Crippen molar-refractivity contribution in [1.82, 2.24) is 0 Å². The van der Waals surface area contributed by atoms with Crippen LogP contribution in [-0.2, 0) is 0 Å². The zero-order valence-electron chi connectivity index (χ0n) is 11.4. The van der Waals surface area contributed by atoms with Gasteiger partial charge in [0.25, 0.3) is 11.6 Å². The van der Waals surface area contributed by atoms with Gasteiger partial charge in [0.05, 0.1) is 4.92 Å². The Morgan fingerprint density at radius 1 is 1.00 bits per heavy atom. The van der Waals surface area contributed by atoms with Crippen molar-refractivity contribution in [1.29, 1.82) is 0 Å². The summed E-state index contributed by atoms with van der Waals surface area (Å²) in [5.41, 5.74) is 1.02. The molecule has 0 saturated carbocycles. The maximum Gasteiger partial charge on any atom is 0.269 e. The van der Waals surface area contributed by atoms with Crippen molar-refractivity contribution in [3.8, 4) is 0 Å². The van der Waals surface area contributed by atoms with E-state index in [9.17, 15) is 14.9 Å². The first-order chi connectivity index (χ1) is 9.66. The summed E-state index contributed by atoms with van der Waals surface area (Å²) < 4.78 is 0. The summed E-state index contributed by atoms with van der Waals surface area (Å²) >= 11 is 0. The van der Waals surface area contributed by atoms with E-state index in [1.165, 1.54) is 24.3 Å². The van der Waals surface area contributed by atoms with Crippen LogP contribution in [0.2, 0.25) is 0 Å². The smallest absolute Gasteiger partial charge is 0.269 e. The highest BCUT2D eigenvalue weighted by atomic mass is 16.6. The van der Waals surface area contributed by atoms with E-state index in [-0.39, 0.29) is 11.6 Å². The minimum absolute atomic E-state index is 0.0359. The maximum atomic E-state index is 11.8. The molecule has 0 aromatic heterocycles. The highest BCUT2D eigenvalue weighted by molar-refractivity contribution is 6.04. The molecular weight excluding hydrogens is 256 g/mol. The molecule has 2 aromatic rings. The van der Waals surface area contributed by atoms with Crippen molar-refractivity contribution in [3.05, 3.63) is 70.3 Å². The number of anilines is 1. The second kappa shape index (κ2) is 7.68. The van der Waals surface area contributed by atoms with Crippen LogP contribution < -0.4 is 5.32 Å². The number of carbonyl (C=O) groups excluding carboxylic acids is 1. The number of rotatable bonds is 3. The van der Waals surface area contributed by atoms with Crippen LogP contribution >= 0.6 is 0 Å². The first-order valence-corrected chi connectivity index (χ1v) is 6.27. The van der Waals surface area contributed by atoms with Gasteiger partial charge in [-0.25, -0.2) is 0 Å². The van der Waals surface area contributed by atoms with E-state index < -0.39 is 4.92 Å². The van der Waals surface area contributed by atoms with Crippen LogP contribution in [0.5, 0.6) is 0 Å². The standard InChI is InChI=1S/C13H10N2O3.C2H6/c16-13(14-11-4-2-1-3-5-11)10-6-8-12(9-7-10)15(17)18;1-2/h1-9H,(H,14,16);1-2H3. The molecule has 0 radical (unpaired) electrons. The second-order valence-corrected chi connectivity index (χ2v) is 3.62. The van der Waals surface area contributed by atoms with Gasteiger partial charge in [0, 0.05) is 23.4 Å². The summed E-state index contributed by atoms with van der Waals surface area (Å²) in [4.78, 5) is 21.8. The molecule has 5 heteroatoms. The molecule has 2 aromatic carbocycles. The SMILES string of the molecule is CC.O=C(Nc1ccccc1)c1ccc([N+](=O)[O-])cc1. The van der Waals surface area contributed by atoms with Crippen LogP contribution in [-0.4, -0.2) is 10.8 Å². The van der Waals surface area contributed by atoms with Gasteiger partial charge in [0.15, 0.2) is 0 Å². The third kappa shape index (κ3) is 4.20. The van der Waals surface area contributed by atoms with Gasteiger partial charge < -0.3 is 5.32 Å². The van der Waals surface area contributed by atoms with Crippen molar-refractivity contribution in [2.75, 3.05) is 5.32 Å². The Bertz CT molecular complexity index is 565. The molecule has 0 bridgehead atoms. The number of hydrogen-bond acceptors (Lipinski definition) is 3. The number of nitro groups is 1. The fourth-order valence-electron chi connectivity index (χ4n) is 1.46. The van der Waals surface area contributed by atoms with Gasteiger partial charge in [-0.15, -0.1) is 0 Å². The summed E-state index contributed by atoms with van der Waals surface area (Å²) in [7, 11) is 0. The maximum absolute atomic E-state index is 11.8. The number of hydrogen-bond donors (Lipinski definition) is 1. The summed E-state index contributed by atoms with van der Waals surface area (Å²) in [6.45, 7) is 4.00. The molecule has 0 aliphatic heterocycles. The lowest BCUT2D eigenvalue weighted by atomic mass is 10.2. The molecule has 0 aliphatic rings. The Morgan fingerprint density at radius 2 is 1.55 bits per heavy atom. The number of carbonyl (C=O) groups is 1.